The molecule has 0 heterocycles. The van der Waals surface area contributed by atoms with E-state index in [1.54, 1.807) is 39.0 Å². The lowest BCUT2D eigenvalue weighted by Crippen LogP contribution is -2.50. The van der Waals surface area contributed by atoms with Crippen molar-refractivity contribution in [2.24, 2.45) is 5.92 Å². The molecule has 158 valence electrons. The molecule has 0 saturated heterocycles. The number of nitrogens with one attached hydrogen (secondary N) is 2. The molecule has 0 bridgehead atoms. The minimum absolute atomic E-state index is 0.0230. The third-order valence-corrected chi connectivity index (χ3v) is 5.33. The summed E-state index contributed by atoms with van der Waals surface area (Å²) in [6.07, 6.45) is -0.514. The second kappa shape index (κ2) is 8.82. The smallest absolute Gasteiger partial charge is 0.408 e. The molecule has 1 atom stereocenters. The van der Waals surface area contributed by atoms with Gasteiger partial charge in [0.25, 0.3) is 15.9 Å². The number of amides is 2. The third kappa shape index (κ3) is 6.74. The van der Waals surface area contributed by atoms with Crippen LogP contribution in [-0.4, -0.2) is 32.1 Å². The van der Waals surface area contributed by atoms with Crippen molar-refractivity contribution in [3.05, 3.63) is 42.5 Å². The fourth-order valence-corrected chi connectivity index (χ4v) is 3.80. The molecule has 0 saturated carbocycles. The third-order valence-electron chi connectivity index (χ3n) is 3.98. The predicted octanol–water partition coefficient (Wildman–Crippen LogP) is 3.58. The summed E-state index contributed by atoms with van der Waals surface area (Å²) in [7, 11) is -4.09. The second-order valence-electron chi connectivity index (χ2n) is 8.31. The van der Waals surface area contributed by atoms with Gasteiger partial charge in [0.05, 0.1) is 4.90 Å². The number of sulfonamides is 1. The molecule has 29 heavy (non-hydrogen) atoms. The van der Waals surface area contributed by atoms with Gasteiger partial charge < -0.3 is 10.1 Å². The van der Waals surface area contributed by atoms with Crippen molar-refractivity contribution in [1.82, 2.24) is 10.0 Å². The highest BCUT2D eigenvalue weighted by Gasteiger charge is 2.28. The summed E-state index contributed by atoms with van der Waals surface area (Å²) in [6, 6.07) is 10.9. The van der Waals surface area contributed by atoms with E-state index in [1.165, 1.54) is 12.1 Å². The molecule has 2 aromatic carbocycles. The van der Waals surface area contributed by atoms with E-state index in [-0.39, 0.29) is 17.2 Å². The van der Waals surface area contributed by atoms with Gasteiger partial charge in [0, 0.05) is 0 Å². The summed E-state index contributed by atoms with van der Waals surface area (Å²) in [5, 5.41) is 4.11. The van der Waals surface area contributed by atoms with Gasteiger partial charge in [0.2, 0.25) is 0 Å². The Kier molecular flexibility index (Phi) is 6.89. The van der Waals surface area contributed by atoms with Crippen LogP contribution >= 0.6 is 0 Å². The Labute approximate surface area is 171 Å². The number of carbonyl (C=O) groups is 2. The SMILES string of the molecule is CC(C)C[C@H](NC(=O)OC(C)(C)C)C(=O)NS(=O)(=O)c1ccc2ccccc2c1. The minimum atomic E-state index is -4.09. The Morgan fingerprint density at radius 3 is 2.24 bits per heavy atom. The Bertz CT molecular complexity index is 994. The maximum atomic E-state index is 12.7. The van der Waals surface area contributed by atoms with Gasteiger partial charge in [0.1, 0.15) is 11.6 Å². The molecule has 0 radical (unpaired) electrons. The molecule has 2 amide bonds. The fraction of sp³-hybridized carbons (Fsp3) is 0.429. The van der Waals surface area contributed by atoms with Crippen molar-refractivity contribution in [2.75, 3.05) is 0 Å². The van der Waals surface area contributed by atoms with Crippen LogP contribution in [0.2, 0.25) is 0 Å². The van der Waals surface area contributed by atoms with Crippen LogP contribution in [0, 0.1) is 5.92 Å². The van der Waals surface area contributed by atoms with E-state index >= 15 is 0 Å². The number of fused-ring (bicyclic) bond motifs is 1. The molecule has 2 N–H and O–H groups in total. The quantitative estimate of drug-likeness (QED) is 0.744. The molecule has 0 aliphatic rings. The van der Waals surface area contributed by atoms with Crippen LogP contribution < -0.4 is 10.0 Å². The zero-order chi connectivity index (χ0) is 21.8. The Balaban J connectivity index is 2.20. The summed E-state index contributed by atoms with van der Waals surface area (Å²) in [4.78, 5) is 24.7. The van der Waals surface area contributed by atoms with Crippen LogP contribution in [0.15, 0.2) is 47.4 Å². The molecular formula is C21H28N2O5S. The minimum Gasteiger partial charge on any atom is -0.444 e. The van der Waals surface area contributed by atoms with E-state index in [0.717, 1.165) is 10.8 Å². The lowest BCUT2D eigenvalue weighted by Gasteiger charge is -2.24. The summed E-state index contributed by atoms with van der Waals surface area (Å²) < 4.78 is 32.7. The van der Waals surface area contributed by atoms with Gasteiger partial charge in [-0.1, -0.05) is 44.2 Å². The highest BCUT2D eigenvalue weighted by atomic mass is 32.2. The summed E-state index contributed by atoms with van der Waals surface area (Å²) in [5.74, 6) is -0.762. The van der Waals surface area contributed by atoms with E-state index < -0.39 is 33.7 Å². The van der Waals surface area contributed by atoms with Crippen LogP contribution in [0.1, 0.15) is 41.0 Å². The van der Waals surface area contributed by atoms with Crippen molar-refractivity contribution in [3.8, 4) is 0 Å². The maximum absolute atomic E-state index is 12.7. The average Bonchev–Trinajstić information content (AvgIpc) is 2.58. The van der Waals surface area contributed by atoms with Gasteiger partial charge in [-0.25, -0.2) is 17.9 Å². The second-order valence-corrected chi connectivity index (χ2v) is 9.99. The predicted molar refractivity (Wildman–Crippen MR) is 112 cm³/mol. The number of hydrogen-bond acceptors (Lipinski definition) is 5. The van der Waals surface area contributed by atoms with E-state index in [1.807, 2.05) is 26.0 Å². The number of benzene rings is 2. The van der Waals surface area contributed by atoms with Gasteiger partial charge in [-0.05, 0) is 56.0 Å². The van der Waals surface area contributed by atoms with Crippen LogP contribution in [-0.2, 0) is 19.6 Å². The molecule has 2 aromatic rings. The number of rotatable bonds is 6. The lowest BCUT2D eigenvalue weighted by molar-refractivity contribution is -0.121. The maximum Gasteiger partial charge on any atom is 0.408 e. The first-order valence-electron chi connectivity index (χ1n) is 9.42. The first-order valence-corrected chi connectivity index (χ1v) is 10.9. The van der Waals surface area contributed by atoms with Crippen molar-refractivity contribution in [2.45, 2.75) is 57.6 Å². The van der Waals surface area contributed by atoms with Crippen molar-refractivity contribution >= 4 is 32.8 Å². The van der Waals surface area contributed by atoms with Gasteiger partial charge in [-0.2, -0.15) is 0 Å². The number of alkyl carbamates (subject to hydrolysis) is 1. The van der Waals surface area contributed by atoms with Crippen LogP contribution in [0.5, 0.6) is 0 Å². The monoisotopic (exact) mass is 420 g/mol. The van der Waals surface area contributed by atoms with E-state index in [2.05, 4.69) is 10.0 Å². The largest absolute Gasteiger partial charge is 0.444 e. The Morgan fingerprint density at radius 1 is 1.03 bits per heavy atom. The lowest BCUT2D eigenvalue weighted by atomic mass is 10.0. The van der Waals surface area contributed by atoms with Crippen molar-refractivity contribution in [1.29, 1.82) is 0 Å². The van der Waals surface area contributed by atoms with Gasteiger partial charge in [0.15, 0.2) is 0 Å². The molecule has 0 spiro atoms. The molecule has 0 aliphatic heterocycles. The molecule has 0 unspecified atom stereocenters. The van der Waals surface area contributed by atoms with Crippen molar-refractivity contribution in [3.63, 3.8) is 0 Å². The fourth-order valence-electron chi connectivity index (χ4n) is 2.75. The van der Waals surface area contributed by atoms with Gasteiger partial charge in [-0.3, -0.25) is 4.79 Å². The van der Waals surface area contributed by atoms with Gasteiger partial charge >= 0.3 is 6.09 Å². The first-order chi connectivity index (χ1) is 13.4. The molecular weight excluding hydrogens is 392 g/mol. The topological polar surface area (TPSA) is 102 Å². The molecule has 0 fully saturated rings. The average molecular weight is 421 g/mol. The standard InChI is InChI=1S/C21H28N2O5S/c1-14(2)12-18(22-20(25)28-21(3,4)5)19(24)23-29(26,27)17-11-10-15-8-6-7-9-16(15)13-17/h6-11,13-14,18H,12H2,1-5H3,(H,22,25)(H,23,24)/t18-/m0/s1. The number of ether oxygens (including phenoxy) is 1. The molecule has 0 aromatic heterocycles. The summed E-state index contributed by atoms with van der Waals surface area (Å²) in [5.41, 5.74) is -0.736. The van der Waals surface area contributed by atoms with Gasteiger partial charge in [-0.15, -0.1) is 0 Å². The van der Waals surface area contributed by atoms with E-state index in [0.29, 0.717) is 0 Å². The Morgan fingerprint density at radius 2 is 1.66 bits per heavy atom. The molecule has 0 aliphatic carbocycles. The normalized spacial score (nSPS) is 13.2. The number of carbonyl (C=O) groups excluding carboxylic acids is 2. The van der Waals surface area contributed by atoms with Crippen LogP contribution in [0.3, 0.4) is 0 Å². The summed E-state index contributed by atoms with van der Waals surface area (Å²) in [6.45, 7) is 8.85. The van der Waals surface area contributed by atoms with Crippen molar-refractivity contribution < 1.29 is 22.7 Å². The first kappa shape index (κ1) is 22.7. The Hall–Kier alpha value is -2.61. The molecule has 7 nitrogen and oxygen atoms in total. The van der Waals surface area contributed by atoms with E-state index in [4.69, 9.17) is 4.74 Å². The van der Waals surface area contributed by atoms with Crippen LogP contribution in [0.4, 0.5) is 4.79 Å². The zero-order valence-corrected chi connectivity index (χ0v) is 18.2. The highest BCUT2D eigenvalue weighted by Crippen LogP contribution is 2.19. The molecule has 2 rings (SSSR count). The molecule has 8 heteroatoms. The zero-order valence-electron chi connectivity index (χ0n) is 17.4. The van der Waals surface area contributed by atoms with Crippen LogP contribution in [0.25, 0.3) is 10.8 Å². The number of hydrogen-bond donors (Lipinski definition) is 2. The summed E-state index contributed by atoms with van der Waals surface area (Å²) >= 11 is 0. The van der Waals surface area contributed by atoms with E-state index in [9.17, 15) is 18.0 Å². The highest BCUT2D eigenvalue weighted by molar-refractivity contribution is 7.90.